The molecular formula is H33Cl5N11P. The minimum Gasteiger partial charge on any atom is -0.344 e. The van der Waals surface area contributed by atoms with Gasteiger partial charge in [-0.25, -0.2) is 0 Å². The van der Waals surface area contributed by atoms with E-state index in [2.05, 4.69) is 0 Å². The molecule has 33 N–H and O–H groups in total. The number of rotatable bonds is 0. The van der Waals surface area contributed by atoms with Gasteiger partial charge < -0.3 is 67.7 Å². The molecule has 17 heteroatoms. The molecule has 0 aromatic heterocycles. The topological polar surface area (TPSA) is 385 Å². The second kappa shape index (κ2) is 36.0. The Bertz CT molecular complexity index is 53.0. The van der Waals surface area contributed by atoms with Crippen molar-refractivity contribution >= 4 is 59.6 Å². The van der Waals surface area contributed by atoms with Crippen LogP contribution in [-0.2, 0) is 0 Å². The van der Waals surface area contributed by atoms with Crippen LogP contribution in [0.25, 0.3) is 0 Å². The third kappa shape index (κ3) is 2010. The minimum absolute atomic E-state index is 0. The average molecular weight is 396 g/mol. The van der Waals surface area contributed by atoms with Crippen LogP contribution >= 0.6 is 59.6 Å². The molecule has 0 rings (SSSR count). The fraction of sp³-hybridized carbons (Fsp3) is 0. The summed E-state index contributed by atoms with van der Waals surface area (Å²) in [5.74, 6) is 0. The molecule has 0 spiro atoms. The maximum absolute atomic E-state index is 4.98. The van der Waals surface area contributed by atoms with Crippen LogP contribution in [0.15, 0.2) is 0 Å². The van der Waals surface area contributed by atoms with Gasteiger partial charge in [0.25, 0.3) is 0 Å². The Morgan fingerprint density at radius 1 is 0.294 bits per heavy atom. The molecule has 0 aliphatic carbocycles. The molecule has 0 unspecified atom stereocenters. The first-order valence-electron chi connectivity index (χ1n) is 0.845. The predicted octanol–water partition coefficient (Wildman–Crippen LogP) is 6.09. The van der Waals surface area contributed by atoms with Crippen LogP contribution in [0.5, 0.6) is 0 Å². The monoisotopic (exact) mass is 393 g/mol. The van der Waals surface area contributed by atoms with E-state index < -0.39 is 3.37 Å². The molecule has 0 saturated carbocycles. The fourth-order valence-electron chi connectivity index (χ4n) is 0. The molecule has 128 valence electrons. The van der Waals surface area contributed by atoms with Gasteiger partial charge in [-0.05, 0) is 0 Å². The van der Waals surface area contributed by atoms with E-state index in [-0.39, 0.29) is 67.7 Å². The van der Waals surface area contributed by atoms with Gasteiger partial charge in [0, 0.05) is 0 Å². The smallest absolute Gasteiger partial charge is 0.344 e. The van der Waals surface area contributed by atoms with Crippen LogP contribution in [0.1, 0.15) is 0 Å². The summed E-state index contributed by atoms with van der Waals surface area (Å²) in [5, 5.41) is 0. The molecule has 0 aliphatic heterocycles. The molecule has 0 atom stereocenters. The van der Waals surface area contributed by atoms with Crippen molar-refractivity contribution in [2.45, 2.75) is 0 Å². The third-order valence-corrected chi connectivity index (χ3v) is 0. The van der Waals surface area contributed by atoms with E-state index in [0.717, 1.165) is 0 Å². The Labute approximate surface area is 127 Å². The first-order valence-corrected chi connectivity index (χ1v) is 7.61. The molecule has 0 heterocycles. The quantitative estimate of drug-likeness (QED) is 0.208. The standard InChI is InChI=1S/Cl5P.11H3N/c1-6(2,3,4)5;;;;;;;;;;;/h;11*1H3. The molecule has 0 aromatic carbocycles. The second-order valence-corrected chi connectivity index (χ2v) is 17.2. The molecular weight excluding hydrogens is 362 g/mol. The zero-order chi connectivity index (χ0) is 5.45. The Kier molecular flexibility index (Phi) is 287. The summed E-state index contributed by atoms with van der Waals surface area (Å²) in [6, 6.07) is 0. The van der Waals surface area contributed by atoms with Crippen molar-refractivity contribution < 1.29 is 0 Å². The van der Waals surface area contributed by atoms with Crippen molar-refractivity contribution in [1.82, 2.24) is 67.7 Å². The number of halogens is 5. The third-order valence-electron chi connectivity index (χ3n) is 0. The molecule has 0 radical (unpaired) electrons. The number of hydrogen-bond donors (Lipinski definition) is 11. The molecule has 0 aromatic rings. The van der Waals surface area contributed by atoms with E-state index in [0.29, 0.717) is 0 Å². The summed E-state index contributed by atoms with van der Waals surface area (Å²) in [4.78, 5) is 0. The second-order valence-electron chi connectivity index (χ2n) is 0.639. The Balaban J connectivity index is -0.00000000227. The number of hydrogen-bond acceptors (Lipinski definition) is 11. The molecule has 0 amide bonds. The van der Waals surface area contributed by atoms with E-state index in [1.54, 1.807) is 0 Å². The van der Waals surface area contributed by atoms with Crippen molar-refractivity contribution in [3.05, 3.63) is 0 Å². The van der Waals surface area contributed by atoms with Gasteiger partial charge in [-0.2, -0.15) is 0 Å². The zero-order valence-corrected chi connectivity index (χ0v) is 14.8. The maximum atomic E-state index is 4.98. The van der Waals surface area contributed by atoms with Crippen LogP contribution in [0.2, 0.25) is 0 Å². The molecule has 0 bridgehead atoms. The Hall–Kier alpha value is 1.44. The molecule has 0 aliphatic rings. The minimum atomic E-state index is -3.69. The fourth-order valence-corrected chi connectivity index (χ4v) is 0. The van der Waals surface area contributed by atoms with Gasteiger partial charge in [0.1, 0.15) is 0 Å². The van der Waals surface area contributed by atoms with Crippen molar-refractivity contribution in [3.63, 3.8) is 0 Å². The summed E-state index contributed by atoms with van der Waals surface area (Å²) in [6.07, 6.45) is 0. The Morgan fingerprint density at radius 3 is 0.294 bits per heavy atom. The van der Waals surface area contributed by atoms with Crippen molar-refractivity contribution in [2.75, 3.05) is 0 Å². The first kappa shape index (κ1) is 135. The predicted molar refractivity (Wildman–Crippen MR) is 91.4 cm³/mol. The van der Waals surface area contributed by atoms with E-state index in [9.17, 15) is 0 Å². The van der Waals surface area contributed by atoms with Gasteiger partial charge in [-0.1, -0.05) is 0 Å². The van der Waals surface area contributed by atoms with E-state index in [1.807, 2.05) is 0 Å². The van der Waals surface area contributed by atoms with Crippen LogP contribution in [0.4, 0.5) is 0 Å². The average Bonchev–Trinajstić information content (AvgIpc) is 0.650. The SMILES string of the molecule is ClP(Cl)(Cl)(Cl)Cl.N.N.N.N.N.N.N.N.N.N.N. The first-order chi connectivity index (χ1) is 2.24. The van der Waals surface area contributed by atoms with Crippen LogP contribution in [0, 0.1) is 0 Å². The zero-order valence-electron chi connectivity index (χ0n) is 10.1. The maximum Gasteiger partial charge on any atom is -0.344 e. The summed E-state index contributed by atoms with van der Waals surface area (Å²) in [7, 11) is 0. The van der Waals surface area contributed by atoms with Gasteiger partial charge in [-0.15, -0.1) is 0 Å². The Morgan fingerprint density at radius 2 is 0.294 bits per heavy atom. The molecule has 0 fully saturated rings. The summed E-state index contributed by atoms with van der Waals surface area (Å²) in [5.41, 5.74) is 0. The summed E-state index contributed by atoms with van der Waals surface area (Å²) >= 11 is 24.9. The summed E-state index contributed by atoms with van der Waals surface area (Å²) in [6.45, 7) is 0. The van der Waals surface area contributed by atoms with E-state index >= 15 is 0 Å². The van der Waals surface area contributed by atoms with E-state index in [1.165, 1.54) is 0 Å². The van der Waals surface area contributed by atoms with Gasteiger partial charge in [0.05, 0.1) is 0 Å². The van der Waals surface area contributed by atoms with Crippen LogP contribution < -0.4 is 67.7 Å². The van der Waals surface area contributed by atoms with Crippen molar-refractivity contribution in [2.24, 2.45) is 0 Å². The van der Waals surface area contributed by atoms with Crippen molar-refractivity contribution in [3.8, 4) is 0 Å². The largest absolute Gasteiger partial charge is 0.344 e. The van der Waals surface area contributed by atoms with Crippen LogP contribution in [0.3, 0.4) is 0 Å². The molecule has 11 nitrogen and oxygen atoms in total. The van der Waals surface area contributed by atoms with Crippen molar-refractivity contribution in [1.29, 1.82) is 0 Å². The van der Waals surface area contributed by atoms with Gasteiger partial charge in [0.15, 0.2) is 0 Å². The van der Waals surface area contributed by atoms with Crippen LogP contribution in [-0.4, -0.2) is 0 Å². The van der Waals surface area contributed by atoms with E-state index in [4.69, 9.17) is 56.2 Å². The van der Waals surface area contributed by atoms with Gasteiger partial charge in [-0.3, -0.25) is 0 Å². The normalized spacial score (nSPS) is 6.76. The van der Waals surface area contributed by atoms with Gasteiger partial charge in [0.2, 0.25) is 0 Å². The molecule has 0 saturated heterocycles. The van der Waals surface area contributed by atoms with Gasteiger partial charge >= 0.3 is 59.6 Å². The molecule has 17 heavy (non-hydrogen) atoms. The summed E-state index contributed by atoms with van der Waals surface area (Å²) < 4.78 is -3.69.